The van der Waals surface area contributed by atoms with Gasteiger partial charge in [-0.25, -0.2) is 9.78 Å². The van der Waals surface area contributed by atoms with E-state index in [0.717, 1.165) is 20.2 Å². The van der Waals surface area contributed by atoms with E-state index in [0.29, 0.717) is 12.3 Å². The van der Waals surface area contributed by atoms with E-state index in [4.69, 9.17) is 9.52 Å². The molecule has 2 aromatic heterocycles. The van der Waals surface area contributed by atoms with Crippen molar-refractivity contribution in [3.63, 3.8) is 0 Å². The number of thioether (sulfide) groups is 1. The van der Waals surface area contributed by atoms with Crippen LogP contribution in [0.5, 0.6) is 0 Å². The Balaban J connectivity index is 1.73. The van der Waals surface area contributed by atoms with Gasteiger partial charge in [0.25, 0.3) is 0 Å². The largest absolute Gasteiger partial charge is 0.478 e. The maximum absolute atomic E-state index is 10.8. The van der Waals surface area contributed by atoms with Gasteiger partial charge in [-0.05, 0) is 30.5 Å². The van der Waals surface area contributed by atoms with Crippen LogP contribution in [0.1, 0.15) is 16.1 Å². The van der Waals surface area contributed by atoms with Gasteiger partial charge in [-0.3, -0.25) is 0 Å². The molecule has 0 unspecified atom stereocenters. The third-order valence-electron chi connectivity index (χ3n) is 2.91. The Kier molecular flexibility index (Phi) is 3.85. The topological polar surface area (TPSA) is 75.4 Å². The van der Waals surface area contributed by atoms with Crippen molar-refractivity contribution < 1.29 is 14.3 Å². The first kappa shape index (κ1) is 14.0. The van der Waals surface area contributed by atoms with Crippen molar-refractivity contribution >= 4 is 45.0 Å². The molecule has 0 bridgehead atoms. The first-order valence-corrected chi connectivity index (χ1v) is 8.19. The number of thiazole rings is 1. The predicted molar refractivity (Wildman–Crippen MR) is 84.4 cm³/mol. The van der Waals surface area contributed by atoms with Crippen LogP contribution >= 0.6 is 23.1 Å². The van der Waals surface area contributed by atoms with Crippen LogP contribution in [0.15, 0.2) is 39.3 Å². The van der Waals surface area contributed by atoms with E-state index in [-0.39, 0.29) is 5.56 Å². The number of rotatable bonds is 5. The Hall–Kier alpha value is -1.99. The molecule has 0 aliphatic rings. The van der Waals surface area contributed by atoms with Crippen molar-refractivity contribution in [1.82, 2.24) is 4.98 Å². The van der Waals surface area contributed by atoms with E-state index in [1.807, 2.05) is 24.5 Å². The molecule has 1 aromatic carbocycles. The quantitative estimate of drug-likeness (QED) is 0.694. The molecule has 0 aliphatic carbocycles. The Bertz CT molecular complexity index is 794. The van der Waals surface area contributed by atoms with E-state index in [2.05, 4.69) is 10.3 Å². The molecule has 0 atom stereocenters. The summed E-state index contributed by atoms with van der Waals surface area (Å²) in [6.45, 7) is 0.437. The summed E-state index contributed by atoms with van der Waals surface area (Å²) < 4.78 is 7.36. The molecule has 0 amide bonds. The highest BCUT2D eigenvalue weighted by Gasteiger charge is 2.08. The molecular weight excluding hydrogens is 308 g/mol. The van der Waals surface area contributed by atoms with Gasteiger partial charge in [0, 0.05) is 5.69 Å². The Labute approximate surface area is 129 Å². The predicted octanol–water partition coefficient (Wildman–Crippen LogP) is 3.92. The first-order chi connectivity index (χ1) is 10.2. The second-order valence-corrected chi connectivity index (χ2v) is 6.41. The van der Waals surface area contributed by atoms with Gasteiger partial charge in [-0.2, -0.15) is 0 Å². The summed E-state index contributed by atoms with van der Waals surface area (Å²) in [6.07, 6.45) is 3.25. The molecule has 7 heteroatoms. The average molecular weight is 320 g/mol. The van der Waals surface area contributed by atoms with Crippen LogP contribution in [0, 0.1) is 0 Å². The monoisotopic (exact) mass is 320 g/mol. The number of benzene rings is 1. The zero-order valence-electron chi connectivity index (χ0n) is 11.1. The number of carboxylic acids is 1. The number of aromatic carboxylic acids is 1. The van der Waals surface area contributed by atoms with Crippen molar-refractivity contribution in [3.05, 3.63) is 41.9 Å². The van der Waals surface area contributed by atoms with Gasteiger partial charge >= 0.3 is 5.97 Å². The van der Waals surface area contributed by atoms with Crippen molar-refractivity contribution in [2.75, 3.05) is 11.6 Å². The Morgan fingerprint density at radius 3 is 3.05 bits per heavy atom. The molecule has 108 valence electrons. The second-order valence-electron chi connectivity index (χ2n) is 4.33. The lowest BCUT2D eigenvalue weighted by molar-refractivity contribution is 0.0696. The normalized spacial score (nSPS) is 10.9. The number of anilines is 1. The van der Waals surface area contributed by atoms with Crippen LogP contribution in [0.25, 0.3) is 10.2 Å². The van der Waals surface area contributed by atoms with E-state index in [1.54, 1.807) is 23.1 Å². The Morgan fingerprint density at radius 2 is 2.33 bits per heavy atom. The minimum absolute atomic E-state index is 0.161. The molecule has 21 heavy (non-hydrogen) atoms. The summed E-state index contributed by atoms with van der Waals surface area (Å²) in [7, 11) is 0. The van der Waals surface area contributed by atoms with Crippen LogP contribution < -0.4 is 5.32 Å². The first-order valence-electron chi connectivity index (χ1n) is 6.15. The zero-order valence-corrected chi connectivity index (χ0v) is 12.8. The summed E-state index contributed by atoms with van der Waals surface area (Å²) in [6, 6.07) is 7.48. The summed E-state index contributed by atoms with van der Waals surface area (Å²) in [5, 5.41) is 12.1. The van der Waals surface area contributed by atoms with Crippen molar-refractivity contribution in [3.8, 4) is 0 Å². The molecule has 2 N–H and O–H groups in total. The van der Waals surface area contributed by atoms with E-state index < -0.39 is 5.97 Å². The zero-order chi connectivity index (χ0) is 14.8. The molecule has 0 saturated heterocycles. The van der Waals surface area contributed by atoms with Gasteiger partial charge in [0.05, 0.1) is 22.3 Å². The van der Waals surface area contributed by atoms with Crippen LogP contribution in [0.4, 0.5) is 5.69 Å². The minimum Gasteiger partial charge on any atom is -0.478 e. The van der Waals surface area contributed by atoms with Gasteiger partial charge in [0.2, 0.25) is 0 Å². The fourth-order valence-corrected chi connectivity index (χ4v) is 3.40. The number of hydrogen-bond donors (Lipinski definition) is 2. The van der Waals surface area contributed by atoms with Crippen LogP contribution in [0.2, 0.25) is 0 Å². The highest BCUT2D eigenvalue weighted by atomic mass is 32.2. The number of nitrogens with zero attached hydrogens (tertiary/aromatic N) is 1. The molecule has 3 aromatic rings. The summed E-state index contributed by atoms with van der Waals surface area (Å²) >= 11 is 3.28. The number of carboxylic acid groups (broad SMARTS) is 1. The fourth-order valence-electron chi connectivity index (χ4n) is 1.88. The number of fused-ring (bicyclic) bond motifs is 1. The van der Waals surface area contributed by atoms with Crippen LogP contribution in [0.3, 0.4) is 0 Å². The van der Waals surface area contributed by atoms with Crippen LogP contribution in [-0.4, -0.2) is 22.3 Å². The fraction of sp³-hybridized carbons (Fsp3) is 0.143. The third kappa shape index (κ3) is 3.03. The highest BCUT2D eigenvalue weighted by Crippen LogP contribution is 2.30. The molecule has 0 spiro atoms. The van der Waals surface area contributed by atoms with Crippen molar-refractivity contribution in [1.29, 1.82) is 0 Å². The van der Waals surface area contributed by atoms with Crippen LogP contribution in [-0.2, 0) is 6.54 Å². The number of hydrogen-bond acceptors (Lipinski definition) is 6. The average Bonchev–Trinajstić information content (AvgIpc) is 3.10. The molecule has 5 nitrogen and oxygen atoms in total. The second kappa shape index (κ2) is 5.79. The molecule has 3 rings (SSSR count). The maximum atomic E-state index is 10.8. The van der Waals surface area contributed by atoms with Gasteiger partial charge < -0.3 is 14.8 Å². The highest BCUT2D eigenvalue weighted by molar-refractivity contribution is 8.00. The molecule has 0 saturated carbocycles. The van der Waals surface area contributed by atoms with Gasteiger partial charge in [0.1, 0.15) is 12.0 Å². The lowest BCUT2D eigenvalue weighted by atomic mass is 10.3. The van der Waals surface area contributed by atoms with Crippen molar-refractivity contribution in [2.45, 2.75) is 10.9 Å². The summed E-state index contributed by atoms with van der Waals surface area (Å²) in [4.78, 5) is 15.3. The van der Waals surface area contributed by atoms with Gasteiger partial charge in [-0.15, -0.1) is 11.3 Å². The number of aromatic nitrogens is 1. The number of furan rings is 1. The van der Waals surface area contributed by atoms with Gasteiger partial charge in [-0.1, -0.05) is 11.8 Å². The third-order valence-corrected chi connectivity index (χ3v) is 4.91. The molecule has 2 heterocycles. The standard InChI is InChI=1S/C14H12N2O3S2/c1-20-14-16-11-3-2-9(5-12(11)21-14)15-6-10-4-8(7-19-10)13(17)18/h2-5,7,15H,6H2,1H3,(H,17,18). The summed E-state index contributed by atoms with van der Waals surface area (Å²) in [5.74, 6) is -0.401. The van der Waals surface area contributed by atoms with E-state index >= 15 is 0 Å². The molecule has 0 fully saturated rings. The lowest BCUT2D eigenvalue weighted by Crippen LogP contribution is -1.98. The number of nitrogens with one attached hydrogen (secondary N) is 1. The SMILES string of the molecule is CSc1nc2ccc(NCc3cc(C(=O)O)co3)cc2s1. The molecule has 0 aliphatic heterocycles. The Morgan fingerprint density at radius 1 is 1.48 bits per heavy atom. The van der Waals surface area contributed by atoms with E-state index in [9.17, 15) is 4.79 Å². The molecular formula is C14H12N2O3S2. The van der Waals surface area contributed by atoms with Gasteiger partial charge in [0.15, 0.2) is 4.34 Å². The lowest BCUT2D eigenvalue weighted by Gasteiger charge is -2.03. The minimum atomic E-state index is -0.985. The van der Waals surface area contributed by atoms with E-state index in [1.165, 1.54) is 12.3 Å². The maximum Gasteiger partial charge on any atom is 0.338 e. The molecule has 0 radical (unpaired) electrons. The summed E-state index contributed by atoms with van der Waals surface area (Å²) in [5.41, 5.74) is 2.10. The number of carbonyl (C=O) groups is 1. The van der Waals surface area contributed by atoms with Crippen molar-refractivity contribution in [2.24, 2.45) is 0 Å². The smallest absolute Gasteiger partial charge is 0.338 e.